The molecule has 0 radical (unpaired) electrons. The van der Waals surface area contributed by atoms with E-state index < -0.39 is 0 Å². The highest BCUT2D eigenvalue weighted by Gasteiger charge is 2.25. The first-order chi connectivity index (χ1) is 13.6. The van der Waals surface area contributed by atoms with E-state index in [4.69, 9.17) is 4.74 Å². The van der Waals surface area contributed by atoms with Crippen LogP contribution in [-0.2, 0) is 13.1 Å². The molecule has 0 aromatic heterocycles. The van der Waals surface area contributed by atoms with E-state index in [1.54, 1.807) is 25.3 Å². The van der Waals surface area contributed by atoms with Gasteiger partial charge < -0.3 is 19.6 Å². The Kier molecular flexibility index (Phi) is 5.46. The largest absolute Gasteiger partial charge is 0.507 e. The lowest BCUT2D eigenvalue weighted by atomic mass is 10.0. The van der Waals surface area contributed by atoms with Crippen molar-refractivity contribution in [2.24, 2.45) is 0 Å². The van der Waals surface area contributed by atoms with Crippen molar-refractivity contribution in [3.05, 3.63) is 71.5 Å². The Morgan fingerprint density at radius 2 is 1.64 bits per heavy atom. The summed E-state index contributed by atoms with van der Waals surface area (Å²) >= 11 is 0. The lowest BCUT2D eigenvalue weighted by Gasteiger charge is -2.30. The van der Waals surface area contributed by atoms with Crippen LogP contribution in [0.15, 0.2) is 54.6 Å². The van der Waals surface area contributed by atoms with E-state index in [2.05, 4.69) is 12.1 Å². The average molecular weight is 382 g/mol. The zero-order valence-corrected chi connectivity index (χ0v) is 16.2. The summed E-state index contributed by atoms with van der Waals surface area (Å²) in [6.07, 6.45) is 0. The molecular weight excluding hydrogens is 355 g/mol. The third kappa shape index (κ3) is 3.96. The number of benzene rings is 3. The van der Waals surface area contributed by atoms with E-state index in [1.165, 1.54) is 15.9 Å². The van der Waals surface area contributed by atoms with Gasteiger partial charge in [0.1, 0.15) is 56.6 Å². The third-order valence-corrected chi connectivity index (χ3v) is 5.79. The molecule has 28 heavy (non-hydrogen) atoms. The molecule has 4 rings (SSSR count). The van der Waals surface area contributed by atoms with Crippen molar-refractivity contribution < 1.29 is 24.0 Å². The summed E-state index contributed by atoms with van der Waals surface area (Å²) in [6.45, 7) is 5.67. The summed E-state index contributed by atoms with van der Waals surface area (Å²) in [7, 11) is 1.63. The number of piperazine rings is 1. The molecule has 1 aliphatic rings. The molecule has 0 atom stereocenters. The minimum Gasteiger partial charge on any atom is -0.507 e. The maximum absolute atomic E-state index is 13.6. The van der Waals surface area contributed by atoms with Crippen LogP contribution in [0.25, 0.3) is 10.8 Å². The van der Waals surface area contributed by atoms with Gasteiger partial charge in [-0.1, -0.05) is 30.3 Å². The van der Waals surface area contributed by atoms with Gasteiger partial charge in [-0.05, 0) is 35.0 Å². The van der Waals surface area contributed by atoms with Crippen LogP contribution in [0.5, 0.6) is 11.5 Å². The first-order valence-corrected chi connectivity index (χ1v) is 9.83. The molecule has 3 N–H and O–H groups in total. The molecule has 0 amide bonds. The smallest absolute Gasteiger partial charge is 0.127 e. The van der Waals surface area contributed by atoms with Gasteiger partial charge in [0.15, 0.2) is 0 Å². The first-order valence-electron chi connectivity index (χ1n) is 9.83. The van der Waals surface area contributed by atoms with Crippen molar-refractivity contribution in [3.63, 3.8) is 0 Å². The Hall–Kier alpha value is -2.63. The van der Waals surface area contributed by atoms with Crippen LogP contribution < -0.4 is 14.5 Å². The first kappa shape index (κ1) is 18.7. The van der Waals surface area contributed by atoms with Gasteiger partial charge in [-0.2, -0.15) is 0 Å². The number of phenols is 1. The van der Waals surface area contributed by atoms with Crippen LogP contribution in [-0.4, -0.2) is 38.4 Å². The lowest BCUT2D eigenvalue weighted by molar-refractivity contribution is -1.02. The molecule has 0 aliphatic carbocycles. The molecule has 4 nitrogen and oxygen atoms in total. The van der Waals surface area contributed by atoms with Gasteiger partial charge in [0.05, 0.1) is 18.2 Å². The standard InChI is InChI=1S/C23H25FN2O2/c1-28-23-9-7-19(24)14-18(23)15-25-10-12-26(13-11-25)16-21-20-5-3-2-4-17(20)6-8-22(21)27/h2-9,14,27H,10-13,15-16H2,1H3/p+2. The van der Waals surface area contributed by atoms with Gasteiger partial charge >= 0.3 is 0 Å². The predicted octanol–water partition coefficient (Wildman–Crippen LogP) is 1.18. The van der Waals surface area contributed by atoms with Crippen LogP contribution in [0.2, 0.25) is 0 Å². The number of fused-ring (bicyclic) bond motifs is 1. The summed E-state index contributed by atoms with van der Waals surface area (Å²) in [5, 5.41) is 12.7. The molecule has 0 bridgehead atoms. The van der Waals surface area contributed by atoms with Crippen LogP contribution >= 0.6 is 0 Å². The Morgan fingerprint density at radius 3 is 2.39 bits per heavy atom. The van der Waals surface area contributed by atoms with E-state index in [1.807, 2.05) is 18.2 Å². The van der Waals surface area contributed by atoms with Crippen molar-refractivity contribution in [2.75, 3.05) is 33.3 Å². The number of halogens is 1. The fourth-order valence-corrected chi connectivity index (χ4v) is 4.23. The molecule has 1 aliphatic heterocycles. The second-order valence-corrected chi connectivity index (χ2v) is 7.59. The van der Waals surface area contributed by atoms with Gasteiger partial charge in [-0.25, -0.2) is 4.39 Å². The van der Waals surface area contributed by atoms with Gasteiger partial charge in [0, 0.05) is 0 Å². The molecule has 5 heteroatoms. The Labute approximate surface area is 164 Å². The molecule has 1 saturated heterocycles. The fraction of sp³-hybridized carbons (Fsp3) is 0.304. The van der Waals surface area contributed by atoms with Gasteiger partial charge in [0.2, 0.25) is 0 Å². The summed E-state index contributed by atoms with van der Waals surface area (Å²) in [5.74, 6) is 0.917. The Morgan fingerprint density at radius 1 is 0.929 bits per heavy atom. The number of nitrogens with one attached hydrogen (secondary N) is 2. The normalized spacial score (nSPS) is 19.6. The SMILES string of the molecule is COc1ccc(F)cc1C[NH+]1CC[NH+](Cc2c(O)ccc3ccccc23)CC1. The minimum absolute atomic E-state index is 0.217. The van der Waals surface area contributed by atoms with Gasteiger partial charge in [-0.15, -0.1) is 0 Å². The third-order valence-electron chi connectivity index (χ3n) is 5.79. The number of aromatic hydroxyl groups is 1. The molecule has 0 spiro atoms. The zero-order valence-electron chi connectivity index (χ0n) is 16.2. The summed E-state index contributed by atoms with van der Waals surface area (Å²) in [6, 6.07) is 16.7. The highest BCUT2D eigenvalue weighted by Crippen LogP contribution is 2.26. The van der Waals surface area contributed by atoms with Crippen LogP contribution in [0.4, 0.5) is 4.39 Å². The van der Waals surface area contributed by atoms with Crippen molar-refractivity contribution in [3.8, 4) is 11.5 Å². The molecular formula is C23H27FN2O2+2. The molecule has 1 fully saturated rings. The van der Waals surface area contributed by atoms with Crippen LogP contribution in [0.3, 0.4) is 0 Å². The quantitative estimate of drug-likeness (QED) is 0.620. The molecule has 146 valence electrons. The molecule has 0 unspecified atom stereocenters. The zero-order chi connectivity index (χ0) is 19.5. The highest BCUT2D eigenvalue weighted by molar-refractivity contribution is 5.87. The van der Waals surface area contributed by atoms with Gasteiger partial charge in [0.25, 0.3) is 0 Å². The van der Waals surface area contributed by atoms with E-state index in [9.17, 15) is 9.50 Å². The highest BCUT2D eigenvalue weighted by atomic mass is 19.1. The number of hydrogen-bond donors (Lipinski definition) is 3. The van der Waals surface area contributed by atoms with Crippen LogP contribution in [0, 0.1) is 5.82 Å². The number of phenolic OH excluding ortho intramolecular Hbond substituents is 1. The Balaban J connectivity index is 1.42. The molecule has 3 aromatic rings. The summed E-state index contributed by atoms with van der Waals surface area (Å²) in [5.41, 5.74) is 1.95. The van der Waals surface area contributed by atoms with Crippen molar-refractivity contribution in [1.82, 2.24) is 0 Å². The number of ether oxygens (including phenoxy) is 1. The molecule has 0 saturated carbocycles. The summed E-state index contributed by atoms with van der Waals surface area (Å²) in [4.78, 5) is 2.91. The van der Waals surface area contributed by atoms with Crippen molar-refractivity contribution in [2.45, 2.75) is 13.1 Å². The van der Waals surface area contributed by atoms with E-state index in [0.29, 0.717) is 5.75 Å². The fourth-order valence-electron chi connectivity index (χ4n) is 4.23. The monoisotopic (exact) mass is 382 g/mol. The van der Waals surface area contributed by atoms with Crippen molar-refractivity contribution in [1.29, 1.82) is 0 Å². The number of rotatable bonds is 5. The molecule has 3 aromatic carbocycles. The second-order valence-electron chi connectivity index (χ2n) is 7.59. The minimum atomic E-state index is -0.217. The lowest BCUT2D eigenvalue weighted by Crippen LogP contribution is -3.27. The average Bonchev–Trinajstić information content (AvgIpc) is 2.72. The number of methoxy groups -OCH3 is 1. The van der Waals surface area contributed by atoms with Crippen molar-refractivity contribution >= 4 is 10.8 Å². The Bertz CT molecular complexity index is 968. The maximum atomic E-state index is 13.6. The van der Waals surface area contributed by atoms with E-state index >= 15 is 0 Å². The topological polar surface area (TPSA) is 38.3 Å². The maximum Gasteiger partial charge on any atom is 0.127 e. The second kappa shape index (κ2) is 8.17. The predicted molar refractivity (Wildman–Crippen MR) is 107 cm³/mol. The van der Waals surface area contributed by atoms with E-state index in [0.717, 1.165) is 66.9 Å². The van der Waals surface area contributed by atoms with E-state index in [-0.39, 0.29) is 5.82 Å². The van der Waals surface area contributed by atoms with Crippen LogP contribution in [0.1, 0.15) is 11.1 Å². The van der Waals surface area contributed by atoms with Gasteiger partial charge in [-0.3, -0.25) is 0 Å². The summed E-state index contributed by atoms with van der Waals surface area (Å²) < 4.78 is 19.0. The number of quaternary nitrogens is 2. The number of hydrogen-bond acceptors (Lipinski definition) is 2. The molecule has 1 heterocycles.